The number of hydrogen-bond acceptors (Lipinski definition) is 3. The van der Waals surface area contributed by atoms with Crippen LogP contribution < -0.4 is 9.47 Å². The summed E-state index contributed by atoms with van der Waals surface area (Å²) in [4.78, 5) is 0. The summed E-state index contributed by atoms with van der Waals surface area (Å²) >= 11 is 3.57. The third-order valence-electron chi connectivity index (χ3n) is 4.75. The van der Waals surface area contributed by atoms with Crippen LogP contribution in [0.15, 0.2) is 28.3 Å². The van der Waals surface area contributed by atoms with E-state index in [1.807, 2.05) is 12.1 Å². The Labute approximate surface area is 140 Å². The molecule has 120 valence electrons. The van der Waals surface area contributed by atoms with Crippen LogP contribution >= 0.6 is 15.9 Å². The average Bonchev–Trinajstić information content (AvgIpc) is 2.78. The van der Waals surface area contributed by atoms with Crippen LogP contribution in [0.5, 0.6) is 11.5 Å². The Morgan fingerprint density at radius 3 is 2.68 bits per heavy atom. The topological polar surface area (TPSA) is 27.7 Å². The smallest absolute Gasteiger partial charge is 0.231 e. The van der Waals surface area contributed by atoms with Crippen molar-refractivity contribution in [3.8, 4) is 11.5 Å². The van der Waals surface area contributed by atoms with Gasteiger partial charge in [-0.3, -0.25) is 0 Å². The molecule has 3 nitrogen and oxygen atoms in total. The number of benzene rings is 1. The summed E-state index contributed by atoms with van der Waals surface area (Å²) in [5.74, 6) is 2.84. The molecule has 1 aliphatic heterocycles. The number of fused-ring (bicyclic) bond motifs is 1. The van der Waals surface area contributed by atoms with Gasteiger partial charge < -0.3 is 14.2 Å². The summed E-state index contributed by atoms with van der Waals surface area (Å²) in [7, 11) is 0. The van der Waals surface area contributed by atoms with Crippen LogP contribution in [-0.4, -0.2) is 13.4 Å². The van der Waals surface area contributed by atoms with Crippen LogP contribution in [0.4, 0.5) is 0 Å². The van der Waals surface area contributed by atoms with Gasteiger partial charge in [-0.1, -0.05) is 41.4 Å². The minimum atomic E-state index is 0.298. The highest BCUT2D eigenvalue weighted by Gasteiger charge is 2.55. The number of hydrogen-bond donors (Lipinski definition) is 0. The van der Waals surface area contributed by atoms with Gasteiger partial charge in [-0.05, 0) is 48.8 Å². The van der Waals surface area contributed by atoms with E-state index in [1.165, 1.54) is 5.57 Å². The van der Waals surface area contributed by atoms with Gasteiger partial charge in [0.15, 0.2) is 11.5 Å². The second-order valence-electron chi connectivity index (χ2n) is 7.01. The van der Waals surface area contributed by atoms with Gasteiger partial charge in [0.2, 0.25) is 6.79 Å². The van der Waals surface area contributed by atoms with Gasteiger partial charge in [0.05, 0.1) is 13.2 Å². The number of rotatable bonds is 5. The van der Waals surface area contributed by atoms with Crippen molar-refractivity contribution in [2.24, 2.45) is 17.3 Å². The lowest BCUT2D eigenvalue weighted by Gasteiger charge is -2.08. The monoisotopic (exact) mass is 366 g/mol. The number of allylic oxidation sites excluding steroid dienone is 2. The molecule has 1 fully saturated rings. The van der Waals surface area contributed by atoms with Gasteiger partial charge in [0.25, 0.3) is 0 Å². The lowest BCUT2D eigenvalue weighted by Crippen LogP contribution is -2.02. The van der Waals surface area contributed by atoms with Crippen LogP contribution in [0, 0.1) is 17.3 Å². The van der Waals surface area contributed by atoms with Crippen molar-refractivity contribution in [3.05, 3.63) is 33.8 Å². The molecule has 0 radical (unpaired) electrons. The predicted octanol–water partition coefficient (Wildman–Crippen LogP) is 4.93. The van der Waals surface area contributed by atoms with Crippen LogP contribution in [0.2, 0.25) is 0 Å². The number of halogens is 1. The molecule has 0 N–H and O–H groups in total. The molecule has 0 bridgehead atoms. The molecule has 0 amide bonds. The van der Waals surface area contributed by atoms with Crippen molar-refractivity contribution < 1.29 is 14.2 Å². The predicted molar refractivity (Wildman–Crippen MR) is 90.1 cm³/mol. The van der Waals surface area contributed by atoms with Crippen LogP contribution in [0.3, 0.4) is 0 Å². The van der Waals surface area contributed by atoms with E-state index in [0.29, 0.717) is 30.7 Å². The summed E-state index contributed by atoms with van der Waals surface area (Å²) in [5, 5.41) is 0. The fourth-order valence-electron chi connectivity index (χ4n) is 3.16. The summed E-state index contributed by atoms with van der Waals surface area (Å²) in [5.41, 5.74) is 2.84. The molecule has 2 aliphatic rings. The van der Waals surface area contributed by atoms with E-state index < -0.39 is 0 Å². The zero-order valence-electron chi connectivity index (χ0n) is 13.6. The Bertz CT molecular complexity index is 603. The van der Waals surface area contributed by atoms with Crippen LogP contribution in [0.1, 0.15) is 33.3 Å². The molecule has 2 atom stereocenters. The molecule has 0 unspecified atom stereocenters. The summed E-state index contributed by atoms with van der Waals surface area (Å²) in [6, 6.07) is 3.95. The van der Waals surface area contributed by atoms with Gasteiger partial charge in [0.1, 0.15) is 0 Å². The van der Waals surface area contributed by atoms with Gasteiger partial charge in [0, 0.05) is 4.47 Å². The highest BCUT2D eigenvalue weighted by atomic mass is 79.9. The maximum absolute atomic E-state index is 5.98. The zero-order valence-corrected chi connectivity index (χ0v) is 15.2. The van der Waals surface area contributed by atoms with Crippen molar-refractivity contribution in [2.75, 3.05) is 13.4 Å². The van der Waals surface area contributed by atoms with E-state index in [0.717, 1.165) is 28.1 Å². The minimum Gasteiger partial charge on any atom is -0.454 e. The molecule has 0 saturated heterocycles. The highest BCUT2D eigenvalue weighted by Crippen LogP contribution is 2.59. The Hall–Kier alpha value is -1.00. The van der Waals surface area contributed by atoms with Crippen LogP contribution in [0.25, 0.3) is 0 Å². The quantitative estimate of drug-likeness (QED) is 0.691. The zero-order chi connectivity index (χ0) is 15.9. The van der Waals surface area contributed by atoms with Crippen molar-refractivity contribution >= 4 is 15.9 Å². The minimum absolute atomic E-state index is 0.298. The fourth-order valence-corrected chi connectivity index (χ4v) is 3.60. The molecular weight excluding hydrogens is 344 g/mol. The summed E-state index contributed by atoms with van der Waals surface area (Å²) in [6.45, 7) is 10.6. The van der Waals surface area contributed by atoms with Gasteiger partial charge >= 0.3 is 0 Å². The first-order valence-electron chi connectivity index (χ1n) is 7.70. The SMILES string of the molecule is CC(C)=C[C@H]1[C@@H](COCc2cc3c(cc2Br)OCO3)C1(C)C. The standard InChI is InChI=1S/C18H23BrO3/c1-11(2)5-13-14(18(13,3)4)9-20-8-12-6-16-17(7-15(12)19)22-10-21-16/h5-7,13-14H,8-10H2,1-4H3/t13-,14+/m0/s1. The fraction of sp³-hybridized carbons (Fsp3) is 0.556. The first kappa shape index (κ1) is 15.9. The lowest BCUT2D eigenvalue weighted by molar-refractivity contribution is 0.102. The van der Waals surface area contributed by atoms with E-state index in [4.69, 9.17) is 14.2 Å². The van der Waals surface area contributed by atoms with E-state index in [1.54, 1.807) is 0 Å². The first-order chi connectivity index (χ1) is 10.4. The average molecular weight is 367 g/mol. The Morgan fingerprint density at radius 1 is 1.32 bits per heavy atom. The van der Waals surface area contributed by atoms with Crippen LogP contribution in [-0.2, 0) is 11.3 Å². The van der Waals surface area contributed by atoms with Crippen molar-refractivity contribution in [1.29, 1.82) is 0 Å². The van der Waals surface area contributed by atoms with Crippen molar-refractivity contribution in [3.63, 3.8) is 0 Å². The lowest BCUT2D eigenvalue weighted by atomic mass is 10.1. The summed E-state index contributed by atoms with van der Waals surface area (Å²) in [6.07, 6.45) is 2.38. The van der Waals surface area contributed by atoms with Crippen molar-refractivity contribution in [1.82, 2.24) is 0 Å². The molecular formula is C18H23BrO3. The van der Waals surface area contributed by atoms with E-state index >= 15 is 0 Å². The van der Waals surface area contributed by atoms with E-state index in [2.05, 4.69) is 49.7 Å². The van der Waals surface area contributed by atoms with Gasteiger partial charge in [-0.2, -0.15) is 0 Å². The molecule has 0 aromatic heterocycles. The molecule has 3 rings (SSSR count). The Morgan fingerprint density at radius 2 is 2.00 bits per heavy atom. The van der Waals surface area contributed by atoms with Crippen molar-refractivity contribution in [2.45, 2.75) is 34.3 Å². The molecule has 0 spiro atoms. The molecule has 1 aliphatic carbocycles. The molecule has 1 aromatic carbocycles. The second kappa shape index (κ2) is 5.89. The molecule has 1 saturated carbocycles. The van der Waals surface area contributed by atoms with Gasteiger partial charge in [-0.15, -0.1) is 0 Å². The molecule has 4 heteroatoms. The molecule has 1 aromatic rings. The highest BCUT2D eigenvalue weighted by molar-refractivity contribution is 9.10. The van der Waals surface area contributed by atoms with Gasteiger partial charge in [-0.25, -0.2) is 0 Å². The van der Waals surface area contributed by atoms with E-state index in [9.17, 15) is 0 Å². The third-order valence-corrected chi connectivity index (χ3v) is 5.49. The third kappa shape index (κ3) is 3.04. The van der Waals surface area contributed by atoms with E-state index in [-0.39, 0.29) is 0 Å². The number of ether oxygens (including phenoxy) is 3. The Kier molecular flexibility index (Phi) is 4.25. The normalized spacial score (nSPS) is 24.2. The maximum atomic E-state index is 5.98. The second-order valence-corrected chi connectivity index (χ2v) is 7.86. The largest absolute Gasteiger partial charge is 0.454 e. The summed E-state index contributed by atoms with van der Waals surface area (Å²) < 4.78 is 17.8. The molecule has 22 heavy (non-hydrogen) atoms. The Balaban J connectivity index is 1.57. The molecule has 1 heterocycles. The first-order valence-corrected chi connectivity index (χ1v) is 8.49. The maximum Gasteiger partial charge on any atom is 0.231 e.